The number of carbonyl (C=O) groups excluding carboxylic acids is 2. The fraction of sp³-hybridized carbons (Fsp3) is 0.519. The molecule has 1 unspecified atom stereocenters. The number of aliphatic hydroxyl groups is 1. The smallest absolute Gasteiger partial charge is 0.259 e. The van der Waals surface area contributed by atoms with Gasteiger partial charge >= 0.3 is 0 Å². The van der Waals surface area contributed by atoms with Crippen LogP contribution in [0.3, 0.4) is 0 Å². The number of amides is 2. The number of pyridine rings is 1. The van der Waals surface area contributed by atoms with Crippen molar-refractivity contribution in [3.05, 3.63) is 59.4 Å². The Kier molecular flexibility index (Phi) is 8.66. The van der Waals surface area contributed by atoms with Crippen molar-refractivity contribution in [2.75, 3.05) is 37.7 Å². The SMILES string of the molecule is O=C(c1ccc2c(c1)CNCCCCCCCN2C(=O)c1cccnc1)N1CCCC(CO)C1. The predicted molar refractivity (Wildman–Crippen MR) is 133 cm³/mol. The minimum atomic E-state index is -0.0627. The van der Waals surface area contributed by atoms with Crippen molar-refractivity contribution in [2.45, 2.75) is 51.5 Å². The van der Waals surface area contributed by atoms with Crippen LogP contribution in [0.25, 0.3) is 0 Å². The summed E-state index contributed by atoms with van der Waals surface area (Å²) in [6.07, 6.45) is 10.7. The molecular weight excluding hydrogens is 428 g/mol. The molecule has 0 radical (unpaired) electrons. The van der Waals surface area contributed by atoms with Crippen LogP contribution < -0.4 is 10.2 Å². The van der Waals surface area contributed by atoms with Gasteiger partial charge in [0.15, 0.2) is 0 Å². The van der Waals surface area contributed by atoms with Gasteiger partial charge in [-0.2, -0.15) is 0 Å². The Morgan fingerprint density at radius 2 is 1.85 bits per heavy atom. The number of nitrogens with one attached hydrogen (secondary N) is 1. The number of aromatic nitrogens is 1. The largest absolute Gasteiger partial charge is 0.396 e. The van der Waals surface area contributed by atoms with Gasteiger partial charge in [0, 0.05) is 56.4 Å². The second kappa shape index (κ2) is 12.1. The first-order valence-electron chi connectivity index (χ1n) is 12.6. The fourth-order valence-corrected chi connectivity index (χ4v) is 4.95. The monoisotopic (exact) mass is 464 g/mol. The van der Waals surface area contributed by atoms with Crippen molar-refractivity contribution < 1.29 is 14.7 Å². The van der Waals surface area contributed by atoms with E-state index in [9.17, 15) is 14.7 Å². The number of anilines is 1. The van der Waals surface area contributed by atoms with Gasteiger partial charge in [0.25, 0.3) is 11.8 Å². The second-order valence-corrected chi connectivity index (χ2v) is 9.43. The molecule has 0 aliphatic carbocycles. The number of hydrogen-bond donors (Lipinski definition) is 2. The van der Waals surface area contributed by atoms with Gasteiger partial charge in [0.1, 0.15) is 0 Å². The zero-order valence-electron chi connectivity index (χ0n) is 19.9. The van der Waals surface area contributed by atoms with Crippen LogP contribution in [0.1, 0.15) is 71.2 Å². The Bertz CT molecular complexity index is 966. The summed E-state index contributed by atoms with van der Waals surface area (Å²) in [5.41, 5.74) is 3.02. The molecule has 2 aromatic rings. The van der Waals surface area contributed by atoms with E-state index >= 15 is 0 Å². The topological polar surface area (TPSA) is 85.8 Å². The van der Waals surface area contributed by atoms with E-state index < -0.39 is 0 Å². The summed E-state index contributed by atoms with van der Waals surface area (Å²) in [7, 11) is 0. The van der Waals surface area contributed by atoms with E-state index in [0.29, 0.717) is 30.8 Å². The summed E-state index contributed by atoms with van der Waals surface area (Å²) in [6.45, 7) is 3.58. The van der Waals surface area contributed by atoms with Crippen LogP contribution in [0.4, 0.5) is 5.69 Å². The number of piperidine rings is 1. The van der Waals surface area contributed by atoms with Gasteiger partial charge in [0.2, 0.25) is 0 Å². The highest BCUT2D eigenvalue weighted by molar-refractivity contribution is 6.06. The molecule has 2 aliphatic heterocycles. The molecule has 3 heterocycles. The summed E-state index contributed by atoms with van der Waals surface area (Å²) >= 11 is 0. The first kappa shape index (κ1) is 24.4. The van der Waals surface area contributed by atoms with Crippen molar-refractivity contribution >= 4 is 17.5 Å². The normalized spacial score (nSPS) is 20.1. The van der Waals surface area contributed by atoms with Crippen LogP contribution >= 0.6 is 0 Å². The summed E-state index contributed by atoms with van der Waals surface area (Å²) in [5, 5.41) is 13.1. The number of rotatable bonds is 3. The number of nitrogens with zero attached hydrogens (tertiary/aromatic N) is 3. The molecule has 1 saturated heterocycles. The minimum absolute atomic E-state index is 0.00259. The summed E-state index contributed by atoms with van der Waals surface area (Å²) in [5.74, 6) is 0.0840. The van der Waals surface area contributed by atoms with E-state index in [1.807, 2.05) is 28.0 Å². The Labute approximate surface area is 202 Å². The first-order valence-corrected chi connectivity index (χ1v) is 12.6. The lowest BCUT2D eigenvalue weighted by Gasteiger charge is -2.32. The van der Waals surface area contributed by atoms with Crippen LogP contribution in [-0.4, -0.2) is 59.6 Å². The molecule has 1 atom stereocenters. The maximum absolute atomic E-state index is 13.5. The van der Waals surface area contributed by atoms with Gasteiger partial charge in [-0.25, -0.2) is 0 Å². The van der Waals surface area contributed by atoms with E-state index in [0.717, 1.165) is 56.4 Å². The standard InChI is InChI=1S/C27H36N4O3/c32-20-21-8-7-14-30(19-21)26(33)22-10-11-25-24(16-22)18-28-12-4-2-1-3-5-15-31(25)27(34)23-9-6-13-29-17-23/h6,9-11,13,16-17,21,28,32H,1-5,7-8,12,14-15,18-20H2. The highest BCUT2D eigenvalue weighted by atomic mass is 16.3. The highest BCUT2D eigenvalue weighted by Crippen LogP contribution is 2.27. The zero-order chi connectivity index (χ0) is 23.8. The van der Waals surface area contributed by atoms with E-state index in [-0.39, 0.29) is 24.3 Å². The van der Waals surface area contributed by atoms with E-state index in [1.165, 1.54) is 12.8 Å². The van der Waals surface area contributed by atoms with Crippen molar-refractivity contribution in [2.24, 2.45) is 5.92 Å². The lowest BCUT2D eigenvalue weighted by atomic mass is 9.97. The molecule has 7 nitrogen and oxygen atoms in total. The second-order valence-electron chi connectivity index (χ2n) is 9.43. The van der Waals surface area contributed by atoms with E-state index in [2.05, 4.69) is 10.3 Å². The van der Waals surface area contributed by atoms with Crippen LogP contribution in [0.5, 0.6) is 0 Å². The quantitative estimate of drug-likeness (QED) is 0.725. The first-order chi connectivity index (χ1) is 16.7. The average molecular weight is 465 g/mol. The number of benzene rings is 1. The lowest BCUT2D eigenvalue weighted by Crippen LogP contribution is -2.41. The molecule has 1 fully saturated rings. The van der Waals surface area contributed by atoms with Gasteiger partial charge in [0.05, 0.1) is 5.56 Å². The molecule has 2 amide bonds. The summed E-state index contributed by atoms with van der Waals surface area (Å²) in [4.78, 5) is 34.6. The Morgan fingerprint density at radius 1 is 1.00 bits per heavy atom. The molecule has 0 bridgehead atoms. The number of carbonyl (C=O) groups is 2. The summed E-state index contributed by atoms with van der Waals surface area (Å²) < 4.78 is 0. The molecule has 1 aromatic carbocycles. The number of hydrogen-bond acceptors (Lipinski definition) is 5. The van der Waals surface area contributed by atoms with Crippen LogP contribution in [0, 0.1) is 5.92 Å². The van der Waals surface area contributed by atoms with Gasteiger partial charge in [-0.15, -0.1) is 0 Å². The van der Waals surface area contributed by atoms with E-state index in [1.54, 1.807) is 24.5 Å². The van der Waals surface area contributed by atoms with E-state index in [4.69, 9.17) is 0 Å². The lowest BCUT2D eigenvalue weighted by molar-refractivity contribution is 0.0620. The highest BCUT2D eigenvalue weighted by Gasteiger charge is 2.26. The number of likely N-dealkylation sites (tertiary alicyclic amines) is 1. The Hall–Kier alpha value is -2.77. The van der Waals surface area contributed by atoms with Crippen molar-refractivity contribution in [3.63, 3.8) is 0 Å². The van der Waals surface area contributed by atoms with Gasteiger partial charge in [-0.3, -0.25) is 14.6 Å². The third kappa shape index (κ3) is 6.02. The Morgan fingerprint density at radius 3 is 2.68 bits per heavy atom. The summed E-state index contributed by atoms with van der Waals surface area (Å²) in [6, 6.07) is 9.31. The van der Waals surface area contributed by atoms with Crippen LogP contribution in [0.2, 0.25) is 0 Å². The van der Waals surface area contributed by atoms with Crippen molar-refractivity contribution in [3.8, 4) is 0 Å². The maximum Gasteiger partial charge on any atom is 0.259 e. The number of fused-ring (bicyclic) bond motifs is 1. The van der Waals surface area contributed by atoms with Crippen LogP contribution in [-0.2, 0) is 6.54 Å². The minimum Gasteiger partial charge on any atom is -0.396 e. The third-order valence-electron chi connectivity index (χ3n) is 6.89. The molecular formula is C27H36N4O3. The van der Waals surface area contributed by atoms with Gasteiger partial charge in [-0.05, 0) is 74.0 Å². The zero-order valence-corrected chi connectivity index (χ0v) is 19.9. The van der Waals surface area contributed by atoms with Crippen molar-refractivity contribution in [1.29, 1.82) is 0 Å². The van der Waals surface area contributed by atoms with Crippen LogP contribution in [0.15, 0.2) is 42.7 Å². The average Bonchev–Trinajstić information content (AvgIpc) is 2.89. The fourth-order valence-electron chi connectivity index (χ4n) is 4.95. The molecule has 0 saturated carbocycles. The maximum atomic E-state index is 13.5. The number of aliphatic hydroxyl groups excluding tert-OH is 1. The third-order valence-corrected chi connectivity index (χ3v) is 6.89. The van der Waals surface area contributed by atoms with Gasteiger partial charge in [-0.1, -0.05) is 19.3 Å². The molecule has 4 rings (SSSR count). The van der Waals surface area contributed by atoms with Crippen molar-refractivity contribution in [1.82, 2.24) is 15.2 Å². The predicted octanol–water partition coefficient (Wildman–Crippen LogP) is 3.63. The molecule has 2 aliphatic rings. The molecule has 2 N–H and O–H groups in total. The molecule has 1 aromatic heterocycles. The molecule has 7 heteroatoms. The molecule has 34 heavy (non-hydrogen) atoms. The molecule has 182 valence electrons. The molecule has 0 spiro atoms. The Balaban J connectivity index is 1.65. The van der Waals surface area contributed by atoms with Gasteiger partial charge < -0.3 is 20.2 Å².